The first kappa shape index (κ1) is 15.6. The molecular weight excluding hydrogens is 313 g/mol. The Balaban J connectivity index is 2.28. The fourth-order valence-electron chi connectivity index (χ4n) is 2.02. The molecule has 0 radical (unpaired) electrons. The molecule has 0 spiro atoms. The van der Waals surface area contributed by atoms with Crippen molar-refractivity contribution in [2.24, 2.45) is 0 Å². The number of hydrogen-bond acceptors (Lipinski definition) is 3. The Morgan fingerprint density at radius 1 is 1.24 bits per heavy atom. The lowest BCUT2D eigenvalue weighted by Gasteiger charge is -2.13. The first-order chi connectivity index (χ1) is 10.0. The van der Waals surface area contributed by atoms with E-state index in [-0.39, 0.29) is 12.3 Å². The van der Waals surface area contributed by atoms with E-state index in [0.717, 1.165) is 11.1 Å². The van der Waals surface area contributed by atoms with Crippen LogP contribution >= 0.6 is 23.2 Å². The molecule has 0 aliphatic carbocycles. The topological polar surface area (TPSA) is 52.4 Å². The molecule has 0 aromatic heterocycles. The highest BCUT2D eigenvalue weighted by Gasteiger charge is 2.15. The van der Waals surface area contributed by atoms with Crippen molar-refractivity contribution in [3.05, 3.63) is 68.2 Å². The lowest BCUT2D eigenvalue weighted by Crippen LogP contribution is -2.03. The van der Waals surface area contributed by atoms with E-state index in [2.05, 4.69) is 0 Å². The largest absolute Gasteiger partial charge is 0.488 e. The number of alkyl halides is 1. The van der Waals surface area contributed by atoms with E-state index in [4.69, 9.17) is 27.9 Å². The third kappa shape index (κ3) is 3.65. The molecule has 0 unspecified atom stereocenters. The Morgan fingerprint density at radius 3 is 2.67 bits per heavy atom. The van der Waals surface area contributed by atoms with Gasteiger partial charge in [0.25, 0.3) is 5.69 Å². The maximum absolute atomic E-state index is 11.0. The molecule has 0 aliphatic heterocycles. The molecule has 0 aliphatic rings. The lowest BCUT2D eigenvalue weighted by molar-refractivity contribution is -0.385. The van der Waals surface area contributed by atoms with Gasteiger partial charge < -0.3 is 4.74 Å². The van der Waals surface area contributed by atoms with Gasteiger partial charge in [0, 0.05) is 16.7 Å². The van der Waals surface area contributed by atoms with Gasteiger partial charge in [0.1, 0.15) is 12.4 Å². The number of nitro benzene ring substituents is 1. The highest BCUT2D eigenvalue weighted by atomic mass is 35.5. The second kappa shape index (κ2) is 6.78. The van der Waals surface area contributed by atoms with Gasteiger partial charge in [0.2, 0.25) is 0 Å². The summed E-state index contributed by atoms with van der Waals surface area (Å²) in [5.41, 5.74) is 2.19. The maximum Gasteiger partial charge on any atom is 0.276 e. The lowest BCUT2D eigenvalue weighted by atomic mass is 10.1. The van der Waals surface area contributed by atoms with Crippen LogP contribution in [0.5, 0.6) is 5.75 Å². The summed E-state index contributed by atoms with van der Waals surface area (Å²) < 4.78 is 5.74. The number of hydrogen-bond donors (Lipinski definition) is 0. The average Bonchev–Trinajstić information content (AvgIpc) is 2.45. The Hall–Kier alpha value is -1.78. The minimum Gasteiger partial charge on any atom is -0.488 e. The summed E-state index contributed by atoms with van der Waals surface area (Å²) in [6, 6.07) is 10.1. The highest BCUT2D eigenvalue weighted by molar-refractivity contribution is 6.30. The van der Waals surface area contributed by atoms with Gasteiger partial charge in [0.15, 0.2) is 0 Å². The number of para-hydroxylation sites is 1. The van der Waals surface area contributed by atoms with Gasteiger partial charge in [-0.3, -0.25) is 10.1 Å². The molecule has 0 bridgehead atoms. The van der Waals surface area contributed by atoms with E-state index in [1.165, 1.54) is 12.1 Å². The predicted octanol–water partition coefficient (Wildman–Crippen LogP) is 4.87. The Kier molecular flexibility index (Phi) is 5.04. The fourth-order valence-corrected chi connectivity index (χ4v) is 2.43. The molecule has 0 saturated heterocycles. The van der Waals surface area contributed by atoms with E-state index in [1.54, 1.807) is 6.07 Å². The molecular formula is C15H13Cl2NO3. The van der Waals surface area contributed by atoms with Crippen LogP contribution in [0.25, 0.3) is 0 Å². The summed E-state index contributed by atoms with van der Waals surface area (Å²) in [6.45, 7) is 1.96. The summed E-state index contributed by atoms with van der Waals surface area (Å²) in [5.74, 6) is 0.969. The van der Waals surface area contributed by atoms with Gasteiger partial charge in [-0.1, -0.05) is 29.8 Å². The second-order valence-electron chi connectivity index (χ2n) is 4.52. The van der Waals surface area contributed by atoms with Crippen LogP contribution in [0.3, 0.4) is 0 Å². The molecule has 2 aromatic rings. The molecule has 0 N–H and O–H groups in total. The monoisotopic (exact) mass is 325 g/mol. The first-order valence-corrected chi connectivity index (χ1v) is 7.14. The van der Waals surface area contributed by atoms with E-state index >= 15 is 0 Å². The van der Waals surface area contributed by atoms with Gasteiger partial charge in [-0.15, -0.1) is 11.6 Å². The molecule has 0 saturated carbocycles. The van der Waals surface area contributed by atoms with Gasteiger partial charge in [-0.25, -0.2) is 0 Å². The van der Waals surface area contributed by atoms with Gasteiger partial charge >= 0.3 is 0 Å². The number of ether oxygens (including phenoxy) is 1. The van der Waals surface area contributed by atoms with Crippen LogP contribution in [-0.4, -0.2) is 4.92 Å². The molecule has 110 valence electrons. The molecule has 0 fully saturated rings. The van der Waals surface area contributed by atoms with Gasteiger partial charge in [-0.2, -0.15) is 0 Å². The first-order valence-electron chi connectivity index (χ1n) is 6.23. The number of benzene rings is 2. The summed E-state index contributed by atoms with van der Waals surface area (Å²) in [4.78, 5) is 10.6. The van der Waals surface area contributed by atoms with Crippen molar-refractivity contribution in [1.82, 2.24) is 0 Å². The third-order valence-electron chi connectivity index (χ3n) is 3.05. The standard InChI is InChI=1S/C15H13Cl2NO3/c1-10-3-2-4-11(8-16)15(10)21-9-12-7-13(17)5-6-14(12)18(19)20/h2-7H,8-9H2,1H3. The van der Waals surface area contributed by atoms with E-state index in [1.807, 2.05) is 25.1 Å². The maximum atomic E-state index is 11.0. The Labute approximate surface area is 132 Å². The summed E-state index contributed by atoms with van der Waals surface area (Å²) in [6.07, 6.45) is 0. The number of halogens is 2. The Bertz CT molecular complexity index is 674. The Morgan fingerprint density at radius 2 is 2.00 bits per heavy atom. The number of nitro groups is 1. The van der Waals surface area contributed by atoms with Crippen molar-refractivity contribution in [1.29, 1.82) is 0 Å². The molecule has 0 atom stereocenters. The quantitative estimate of drug-likeness (QED) is 0.447. The molecule has 2 aromatic carbocycles. The van der Waals surface area contributed by atoms with Crippen LogP contribution in [0.15, 0.2) is 36.4 Å². The third-order valence-corrected chi connectivity index (χ3v) is 3.57. The second-order valence-corrected chi connectivity index (χ2v) is 5.22. The van der Waals surface area contributed by atoms with Crippen LogP contribution in [0.4, 0.5) is 5.69 Å². The molecule has 4 nitrogen and oxygen atoms in total. The fraction of sp³-hybridized carbons (Fsp3) is 0.200. The number of aryl methyl sites for hydroxylation is 1. The minimum absolute atomic E-state index is 0.0135. The van der Waals surface area contributed by atoms with E-state index in [9.17, 15) is 10.1 Å². The van der Waals surface area contributed by atoms with Crippen LogP contribution < -0.4 is 4.74 Å². The van der Waals surface area contributed by atoms with Crippen molar-refractivity contribution < 1.29 is 9.66 Å². The van der Waals surface area contributed by atoms with Crippen molar-refractivity contribution in [3.8, 4) is 5.75 Å². The summed E-state index contributed by atoms with van der Waals surface area (Å²) in [7, 11) is 0. The van der Waals surface area contributed by atoms with Crippen molar-refractivity contribution in [2.75, 3.05) is 0 Å². The predicted molar refractivity (Wildman–Crippen MR) is 83.2 cm³/mol. The zero-order chi connectivity index (χ0) is 15.4. The van der Waals surface area contributed by atoms with E-state index < -0.39 is 4.92 Å². The summed E-state index contributed by atoms with van der Waals surface area (Å²) >= 11 is 11.8. The van der Waals surface area contributed by atoms with Crippen LogP contribution in [0.2, 0.25) is 5.02 Å². The minimum atomic E-state index is -0.449. The molecule has 2 rings (SSSR count). The molecule has 0 amide bonds. The average molecular weight is 326 g/mol. The van der Waals surface area contributed by atoms with Crippen molar-refractivity contribution in [2.45, 2.75) is 19.4 Å². The van der Waals surface area contributed by atoms with Crippen LogP contribution in [0, 0.1) is 17.0 Å². The van der Waals surface area contributed by atoms with Crippen molar-refractivity contribution in [3.63, 3.8) is 0 Å². The number of nitrogens with zero attached hydrogens (tertiary/aromatic N) is 1. The van der Waals surface area contributed by atoms with E-state index in [0.29, 0.717) is 22.2 Å². The molecule has 6 heteroatoms. The smallest absolute Gasteiger partial charge is 0.276 e. The van der Waals surface area contributed by atoms with Crippen molar-refractivity contribution >= 4 is 28.9 Å². The molecule has 21 heavy (non-hydrogen) atoms. The van der Waals surface area contributed by atoms with Gasteiger partial charge in [-0.05, 0) is 24.6 Å². The normalized spacial score (nSPS) is 10.4. The summed E-state index contributed by atoms with van der Waals surface area (Å²) in [5, 5.41) is 11.5. The zero-order valence-corrected chi connectivity index (χ0v) is 12.8. The van der Waals surface area contributed by atoms with Crippen LogP contribution in [-0.2, 0) is 12.5 Å². The number of rotatable bonds is 5. The van der Waals surface area contributed by atoms with Gasteiger partial charge in [0.05, 0.1) is 16.4 Å². The van der Waals surface area contributed by atoms with Crippen LogP contribution in [0.1, 0.15) is 16.7 Å². The SMILES string of the molecule is Cc1cccc(CCl)c1OCc1cc(Cl)ccc1[N+](=O)[O-]. The highest BCUT2D eigenvalue weighted by Crippen LogP contribution is 2.28. The zero-order valence-electron chi connectivity index (χ0n) is 11.3. The molecule has 0 heterocycles.